The quantitative estimate of drug-likeness (QED) is 0.517. The number of hydrogen-bond acceptors (Lipinski definition) is 1. The van der Waals surface area contributed by atoms with E-state index in [2.05, 4.69) is 29.4 Å². The molecule has 4 rings (SSSR count). The van der Waals surface area contributed by atoms with Gasteiger partial charge in [-0.1, -0.05) is 12.7 Å². The van der Waals surface area contributed by atoms with Crippen molar-refractivity contribution in [2.45, 2.75) is 20.4 Å². The number of rotatable bonds is 3. The van der Waals surface area contributed by atoms with Gasteiger partial charge in [-0.2, -0.15) is 0 Å². The first-order valence-corrected chi connectivity index (χ1v) is 8.02. The molecule has 3 nitrogen and oxygen atoms in total. The van der Waals surface area contributed by atoms with Gasteiger partial charge in [0.2, 0.25) is 0 Å². The van der Waals surface area contributed by atoms with Gasteiger partial charge in [-0.3, -0.25) is 0 Å². The van der Waals surface area contributed by atoms with Crippen molar-refractivity contribution in [3.63, 3.8) is 0 Å². The molecule has 0 aliphatic rings. The topological polar surface area (TPSA) is 22.2 Å². The first-order valence-electron chi connectivity index (χ1n) is 8.02. The van der Waals surface area contributed by atoms with E-state index in [4.69, 9.17) is 4.98 Å². The van der Waals surface area contributed by atoms with Gasteiger partial charge in [0.05, 0.1) is 5.69 Å². The number of aryl methyl sites for hydroxylation is 2. The summed E-state index contributed by atoms with van der Waals surface area (Å²) in [5, 5.41) is 0.898. The zero-order valence-corrected chi connectivity index (χ0v) is 13.8. The van der Waals surface area contributed by atoms with Gasteiger partial charge < -0.3 is 8.97 Å². The fourth-order valence-corrected chi connectivity index (χ4v) is 3.33. The second-order valence-electron chi connectivity index (χ2n) is 5.92. The van der Waals surface area contributed by atoms with Crippen molar-refractivity contribution >= 4 is 22.6 Å². The molecule has 4 aromatic rings. The molecule has 1 aromatic carbocycles. The lowest BCUT2D eigenvalue weighted by molar-refractivity contribution is 0.629. The Kier molecular flexibility index (Phi) is 3.27. The predicted molar refractivity (Wildman–Crippen MR) is 96.6 cm³/mol. The molecular weight excluding hydrogens is 301 g/mol. The minimum Gasteiger partial charge on any atom is -0.339 e. The molecule has 0 N–H and O–H groups in total. The van der Waals surface area contributed by atoms with Crippen LogP contribution in [0.1, 0.15) is 18.2 Å². The third-order valence-corrected chi connectivity index (χ3v) is 4.55. The third-order valence-electron chi connectivity index (χ3n) is 4.55. The highest BCUT2D eigenvalue weighted by molar-refractivity contribution is 5.87. The van der Waals surface area contributed by atoms with Crippen molar-refractivity contribution in [1.82, 2.24) is 14.0 Å². The summed E-state index contributed by atoms with van der Waals surface area (Å²) < 4.78 is 17.8. The molecule has 0 saturated heterocycles. The van der Waals surface area contributed by atoms with Crippen LogP contribution in [0, 0.1) is 12.7 Å². The standard InChI is InChI=1S/C20H18FN3/c1-4-14-8-9-24-13(3)20(22-19(24)10-14)18-12-15-11-16(21)6-7-17(15)23(18)5-2/h4,6-12H,1,5H2,2-3H3. The van der Waals surface area contributed by atoms with E-state index in [9.17, 15) is 4.39 Å². The molecule has 0 atom stereocenters. The zero-order chi connectivity index (χ0) is 16.8. The fraction of sp³-hybridized carbons (Fsp3) is 0.150. The summed E-state index contributed by atoms with van der Waals surface area (Å²) >= 11 is 0. The average molecular weight is 319 g/mol. The van der Waals surface area contributed by atoms with E-state index >= 15 is 0 Å². The van der Waals surface area contributed by atoms with E-state index in [0.717, 1.165) is 45.7 Å². The van der Waals surface area contributed by atoms with Gasteiger partial charge in [-0.15, -0.1) is 0 Å². The van der Waals surface area contributed by atoms with Crippen molar-refractivity contribution in [3.05, 3.63) is 66.2 Å². The van der Waals surface area contributed by atoms with Crippen LogP contribution in [0.5, 0.6) is 0 Å². The molecule has 0 aliphatic carbocycles. The number of imidazole rings is 1. The highest BCUT2D eigenvalue weighted by atomic mass is 19.1. The summed E-state index contributed by atoms with van der Waals surface area (Å²) in [6.45, 7) is 8.76. The molecule has 0 radical (unpaired) electrons. The first kappa shape index (κ1) is 14.7. The van der Waals surface area contributed by atoms with Crippen LogP contribution in [0.2, 0.25) is 0 Å². The molecule has 3 aromatic heterocycles. The fourth-order valence-electron chi connectivity index (χ4n) is 3.33. The van der Waals surface area contributed by atoms with Crippen LogP contribution in [0.3, 0.4) is 0 Å². The first-order chi connectivity index (χ1) is 11.6. The Balaban J connectivity index is 2.01. The summed E-state index contributed by atoms with van der Waals surface area (Å²) in [5.74, 6) is -0.218. The molecule has 4 heteroatoms. The largest absolute Gasteiger partial charge is 0.339 e. The second-order valence-corrected chi connectivity index (χ2v) is 5.92. The van der Waals surface area contributed by atoms with E-state index in [1.807, 2.05) is 36.5 Å². The molecule has 0 unspecified atom stereocenters. The van der Waals surface area contributed by atoms with E-state index in [-0.39, 0.29) is 5.82 Å². The Morgan fingerprint density at radius 2 is 2.04 bits per heavy atom. The molecule has 0 fully saturated rings. The Bertz CT molecular complexity index is 1090. The summed E-state index contributed by atoms with van der Waals surface area (Å²) in [6, 6.07) is 11.0. The molecule has 0 saturated carbocycles. The molecular formula is C20H18FN3. The lowest BCUT2D eigenvalue weighted by Crippen LogP contribution is -1.98. The molecule has 0 amide bonds. The highest BCUT2D eigenvalue weighted by Crippen LogP contribution is 2.31. The number of fused-ring (bicyclic) bond motifs is 2. The average Bonchev–Trinajstić information content (AvgIpc) is 3.11. The molecule has 120 valence electrons. The molecule has 3 heterocycles. The van der Waals surface area contributed by atoms with Crippen molar-refractivity contribution in [2.75, 3.05) is 0 Å². The van der Waals surface area contributed by atoms with Crippen LogP contribution in [0.4, 0.5) is 4.39 Å². The highest BCUT2D eigenvalue weighted by Gasteiger charge is 2.16. The Morgan fingerprint density at radius 1 is 1.21 bits per heavy atom. The van der Waals surface area contributed by atoms with E-state index in [1.54, 1.807) is 6.07 Å². The van der Waals surface area contributed by atoms with Gasteiger partial charge in [0.15, 0.2) is 0 Å². The molecule has 24 heavy (non-hydrogen) atoms. The molecule has 0 spiro atoms. The van der Waals surface area contributed by atoms with Crippen LogP contribution in [0.25, 0.3) is 34.0 Å². The SMILES string of the molecule is C=Cc1ccn2c(C)c(-c3cc4cc(F)ccc4n3CC)nc2c1. The van der Waals surface area contributed by atoms with Crippen LogP contribution >= 0.6 is 0 Å². The maximum absolute atomic E-state index is 13.6. The van der Waals surface area contributed by atoms with Crippen molar-refractivity contribution < 1.29 is 4.39 Å². The maximum atomic E-state index is 13.6. The van der Waals surface area contributed by atoms with E-state index in [0.29, 0.717) is 0 Å². The van der Waals surface area contributed by atoms with Crippen LogP contribution in [-0.4, -0.2) is 14.0 Å². The predicted octanol–water partition coefficient (Wildman–Crippen LogP) is 5.07. The molecule has 0 bridgehead atoms. The van der Waals surface area contributed by atoms with Crippen molar-refractivity contribution in [2.24, 2.45) is 0 Å². The Hall–Kier alpha value is -2.88. The Morgan fingerprint density at radius 3 is 2.79 bits per heavy atom. The number of aromatic nitrogens is 3. The number of pyridine rings is 1. The second kappa shape index (κ2) is 5.34. The smallest absolute Gasteiger partial charge is 0.138 e. The Labute approximate surface area is 139 Å². The number of benzene rings is 1. The van der Waals surface area contributed by atoms with E-state index in [1.165, 1.54) is 6.07 Å². The van der Waals surface area contributed by atoms with Gasteiger partial charge in [0, 0.05) is 29.3 Å². The van der Waals surface area contributed by atoms with Gasteiger partial charge in [-0.25, -0.2) is 9.37 Å². The lowest BCUT2D eigenvalue weighted by atomic mass is 10.2. The van der Waals surface area contributed by atoms with Crippen LogP contribution in [0.15, 0.2) is 49.2 Å². The summed E-state index contributed by atoms with van der Waals surface area (Å²) in [7, 11) is 0. The van der Waals surface area contributed by atoms with Gasteiger partial charge in [0.1, 0.15) is 17.2 Å². The van der Waals surface area contributed by atoms with Crippen LogP contribution < -0.4 is 0 Å². The third kappa shape index (κ3) is 2.07. The summed E-state index contributed by atoms with van der Waals surface area (Å²) in [6.07, 6.45) is 3.83. The van der Waals surface area contributed by atoms with Gasteiger partial charge in [-0.05, 0) is 55.8 Å². The van der Waals surface area contributed by atoms with E-state index < -0.39 is 0 Å². The summed E-state index contributed by atoms with van der Waals surface area (Å²) in [5.41, 5.74) is 5.96. The lowest BCUT2D eigenvalue weighted by Gasteiger charge is -2.06. The van der Waals surface area contributed by atoms with Gasteiger partial charge in [0.25, 0.3) is 0 Å². The van der Waals surface area contributed by atoms with Crippen LogP contribution in [-0.2, 0) is 6.54 Å². The van der Waals surface area contributed by atoms with Crippen molar-refractivity contribution in [1.29, 1.82) is 0 Å². The summed E-state index contributed by atoms with van der Waals surface area (Å²) in [4.78, 5) is 4.82. The monoisotopic (exact) mass is 319 g/mol. The normalized spacial score (nSPS) is 11.5. The van der Waals surface area contributed by atoms with Crippen molar-refractivity contribution in [3.8, 4) is 11.4 Å². The minimum atomic E-state index is -0.218. The zero-order valence-electron chi connectivity index (χ0n) is 13.8. The number of hydrogen-bond donors (Lipinski definition) is 0. The maximum Gasteiger partial charge on any atom is 0.138 e. The number of nitrogens with zero attached hydrogens (tertiary/aromatic N) is 3. The minimum absolute atomic E-state index is 0.218. The molecule has 0 aliphatic heterocycles. The number of halogens is 1. The van der Waals surface area contributed by atoms with Gasteiger partial charge >= 0.3 is 0 Å².